The number of sulfonamides is 1. The molecule has 112 valence electrons. The predicted octanol–water partition coefficient (Wildman–Crippen LogP) is 1.87. The average molecular weight is 315 g/mol. The van der Waals surface area contributed by atoms with Crippen LogP contribution in [0.1, 0.15) is 5.56 Å². The van der Waals surface area contributed by atoms with Gasteiger partial charge in [0.05, 0.1) is 7.11 Å². The van der Waals surface area contributed by atoms with Crippen LogP contribution < -0.4 is 9.46 Å². The molecule has 0 aliphatic heterocycles. The number of halogens is 2. The van der Waals surface area contributed by atoms with Crippen molar-refractivity contribution in [2.45, 2.75) is 11.8 Å². The van der Waals surface area contributed by atoms with Crippen LogP contribution in [0.3, 0.4) is 0 Å². The molecule has 0 bridgehead atoms. The number of nitrogens with one attached hydrogen (secondary N) is 1. The van der Waals surface area contributed by atoms with Gasteiger partial charge in [0.1, 0.15) is 16.5 Å². The fourth-order valence-electron chi connectivity index (χ4n) is 1.51. The van der Waals surface area contributed by atoms with Crippen LogP contribution in [0.15, 0.2) is 29.2 Å². The molecule has 9 heteroatoms. The summed E-state index contributed by atoms with van der Waals surface area (Å²) in [5, 5.41) is 7.11. The Labute approximate surface area is 119 Å². The van der Waals surface area contributed by atoms with Crippen molar-refractivity contribution in [3.05, 3.63) is 41.5 Å². The molecule has 0 aliphatic rings. The molecule has 1 aromatic carbocycles. The lowest BCUT2D eigenvalue weighted by Gasteiger charge is -2.09. The summed E-state index contributed by atoms with van der Waals surface area (Å²) in [5.74, 6) is -1.83. The monoisotopic (exact) mass is 315 g/mol. The highest BCUT2D eigenvalue weighted by molar-refractivity contribution is 7.92. The number of nitrogens with zero attached hydrogens (tertiary/aromatic N) is 2. The van der Waals surface area contributed by atoms with Gasteiger partial charge in [-0.05, 0) is 30.7 Å². The first-order valence-corrected chi connectivity index (χ1v) is 7.18. The molecule has 0 fully saturated rings. The Hall–Kier alpha value is -2.29. The third-order valence-electron chi connectivity index (χ3n) is 2.59. The summed E-state index contributed by atoms with van der Waals surface area (Å²) in [6.45, 7) is 1.33. The second-order valence-corrected chi connectivity index (χ2v) is 5.75. The third-order valence-corrected chi connectivity index (χ3v) is 3.96. The van der Waals surface area contributed by atoms with E-state index in [0.717, 1.165) is 6.07 Å². The Bertz CT molecular complexity index is 764. The largest absolute Gasteiger partial charge is 0.480 e. The molecule has 0 saturated carbocycles. The number of aromatic nitrogens is 2. The number of methoxy groups -OCH3 is 1. The standard InChI is InChI=1S/C12H11F2N3O3S/c1-7-5-9(14)10(6-8(7)13)21(18,19)17-11-3-4-12(20-2)16-15-11/h3-6H,1-2H3,(H,15,17). The molecular formula is C12H11F2N3O3S. The van der Waals surface area contributed by atoms with E-state index in [1.165, 1.54) is 26.2 Å². The van der Waals surface area contributed by atoms with E-state index in [4.69, 9.17) is 4.74 Å². The Morgan fingerprint density at radius 1 is 1.14 bits per heavy atom. The topological polar surface area (TPSA) is 81.2 Å². The zero-order valence-corrected chi connectivity index (χ0v) is 11.9. The molecule has 2 aromatic rings. The highest BCUT2D eigenvalue weighted by atomic mass is 32.2. The molecular weight excluding hydrogens is 304 g/mol. The average Bonchev–Trinajstić information content (AvgIpc) is 2.43. The normalized spacial score (nSPS) is 11.2. The fourth-order valence-corrected chi connectivity index (χ4v) is 2.58. The molecule has 0 spiro atoms. The zero-order valence-electron chi connectivity index (χ0n) is 11.1. The lowest BCUT2D eigenvalue weighted by Crippen LogP contribution is -2.16. The van der Waals surface area contributed by atoms with Crippen molar-refractivity contribution in [1.29, 1.82) is 0 Å². The number of rotatable bonds is 4. The first-order chi connectivity index (χ1) is 9.83. The molecule has 0 aliphatic carbocycles. The van der Waals surface area contributed by atoms with E-state index in [1.807, 2.05) is 4.72 Å². The predicted molar refractivity (Wildman–Crippen MR) is 70.5 cm³/mol. The maximum atomic E-state index is 13.7. The van der Waals surface area contributed by atoms with Crippen molar-refractivity contribution in [3.63, 3.8) is 0 Å². The van der Waals surface area contributed by atoms with E-state index in [1.54, 1.807) is 0 Å². The van der Waals surface area contributed by atoms with Crippen molar-refractivity contribution in [3.8, 4) is 5.88 Å². The summed E-state index contributed by atoms with van der Waals surface area (Å²) in [6, 6.07) is 4.08. The summed E-state index contributed by atoms with van der Waals surface area (Å²) < 4.78 is 58.0. The SMILES string of the molecule is COc1ccc(NS(=O)(=O)c2cc(F)c(C)cc2F)nn1. The minimum atomic E-state index is -4.31. The molecule has 0 atom stereocenters. The van der Waals surface area contributed by atoms with Crippen molar-refractivity contribution in [2.24, 2.45) is 0 Å². The van der Waals surface area contributed by atoms with Crippen LogP contribution >= 0.6 is 0 Å². The maximum Gasteiger partial charge on any atom is 0.266 e. The molecule has 2 rings (SSSR count). The van der Waals surface area contributed by atoms with E-state index >= 15 is 0 Å². The summed E-state index contributed by atoms with van der Waals surface area (Å²) in [4.78, 5) is -0.803. The number of hydrogen-bond acceptors (Lipinski definition) is 5. The van der Waals surface area contributed by atoms with Gasteiger partial charge in [-0.15, -0.1) is 10.2 Å². The Kier molecular flexibility index (Phi) is 4.03. The van der Waals surface area contributed by atoms with Crippen molar-refractivity contribution >= 4 is 15.8 Å². The van der Waals surface area contributed by atoms with Crippen molar-refractivity contribution in [2.75, 3.05) is 11.8 Å². The van der Waals surface area contributed by atoms with Gasteiger partial charge < -0.3 is 4.74 Å². The summed E-state index contributed by atoms with van der Waals surface area (Å²) in [5.41, 5.74) is 0.00990. The Balaban J connectivity index is 2.35. The van der Waals surface area contributed by atoms with E-state index in [0.29, 0.717) is 6.07 Å². The molecule has 1 heterocycles. The Morgan fingerprint density at radius 3 is 2.43 bits per heavy atom. The minimum absolute atomic E-state index is 0.00990. The third kappa shape index (κ3) is 3.24. The van der Waals surface area contributed by atoms with Gasteiger partial charge in [0.15, 0.2) is 5.82 Å². The number of benzene rings is 1. The van der Waals surface area contributed by atoms with Crippen LogP contribution in [0.2, 0.25) is 0 Å². The number of anilines is 1. The van der Waals surface area contributed by atoms with E-state index in [2.05, 4.69) is 10.2 Å². The van der Waals surface area contributed by atoms with Crippen LogP contribution in [-0.2, 0) is 10.0 Å². The molecule has 0 radical (unpaired) electrons. The highest BCUT2D eigenvalue weighted by Crippen LogP contribution is 2.21. The van der Waals surface area contributed by atoms with Crippen molar-refractivity contribution < 1.29 is 21.9 Å². The molecule has 1 N–H and O–H groups in total. The zero-order chi connectivity index (χ0) is 15.6. The van der Waals surface area contributed by atoms with E-state index in [9.17, 15) is 17.2 Å². The smallest absolute Gasteiger partial charge is 0.266 e. The first-order valence-electron chi connectivity index (χ1n) is 5.69. The van der Waals surface area contributed by atoms with Gasteiger partial charge in [0.25, 0.3) is 10.0 Å². The highest BCUT2D eigenvalue weighted by Gasteiger charge is 2.22. The van der Waals surface area contributed by atoms with Crippen LogP contribution in [0, 0.1) is 18.6 Å². The van der Waals surface area contributed by atoms with Gasteiger partial charge in [0.2, 0.25) is 5.88 Å². The molecule has 6 nitrogen and oxygen atoms in total. The lowest BCUT2D eigenvalue weighted by molar-refractivity contribution is 0.392. The minimum Gasteiger partial charge on any atom is -0.480 e. The first kappa shape index (κ1) is 15.1. The second-order valence-electron chi connectivity index (χ2n) is 4.10. The van der Waals surface area contributed by atoms with Gasteiger partial charge in [0, 0.05) is 6.07 Å². The summed E-state index contributed by atoms with van der Waals surface area (Å²) >= 11 is 0. The number of hydrogen-bond donors (Lipinski definition) is 1. The van der Waals surface area contributed by atoms with Gasteiger partial charge in [-0.25, -0.2) is 17.2 Å². The van der Waals surface area contributed by atoms with Gasteiger partial charge >= 0.3 is 0 Å². The summed E-state index contributed by atoms with van der Waals surface area (Å²) in [6.07, 6.45) is 0. The lowest BCUT2D eigenvalue weighted by atomic mass is 10.2. The molecule has 0 unspecified atom stereocenters. The van der Waals surface area contributed by atoms with Gasteiger partial charge in [-0.3, -0.25) is 4.72 Å². The maximum absolute atomic E-state index is 13.7. The Morgan fingerprint density at radius 2 is 1.86 bits per heavy atom. The molecule has 0 amide bonds. The van der Waals surface area contributed by atoms with Crippen LogP contribution in [0.25, 0.3) is 0 Å². The second kappa shape index (κ2) is 5.60. The number of ether oxygens (including phenoxy) is 1. The van der Waals surface area contributed by atoms with Crippen molar-refractivity contribution in [1.82, 2.24) is 10.2 Å². The van der Waals surface area contributed by atoms with Crippen LogP contribution in [0.4, 0.5) is 14.6 Å². The van der Waals surface area contributed by atoms with Gasteiger partial charge in [-0.2, -0.15) is 0 Å². The molecule has 21 heavy (non-hydrogen) atoms. The molecule has 0 saturated heterocycles. The molecule has 1 aromatic heterocycles. The van der Waals surface area contributed by atoms with Gasteiger partial charge in [-0.1, -0.05) is 0 Å². The van der Waals surface area contributed by atoms with Crippen LogP contribution in [-0.4, -0.2) is 25.7 Å². The van der Waals surface area contributed by atoms with E-state index in [-0.39, 0.29) is 17.3 Å². The van der Waals surface area contributed by atoms with E-state index < -0.39 is 26.6 Å². The fraction of sp³-hybridized carbons (Fsp3) is 0.167. The quantitative estimate of drug-likeness (QED) is 0.931. The summed E-state index contributed by atoms with van der Waals surface area (Å²) in [7, 11) is -2.94. The van der Waals surface area contributed by atoms with Crippen LogP contribution in [0.5, 0.6) is 5.88 Å². The number of aryl methyl sites for hydroxylation is 1.